The van der Waals surface area contributed by atoms with Gasteiger partial charge in [0, 0.05) is 17.9 Å². The fourth-order valence-electron chi connectivity index (χ4n) is 4.40. The highest BCUT2D eigenvalue weighted by Crippen LogP contribution is 2.40. The summed E-state index contributed by atoms with van der Waals surface area (Å²) in [4.78, 5) is 11.7. The van der Waals surface area contributed by atoms with Crippen molar-refractivity contribution in [2.24, 2.45) is 0 Å². The second kappa shape index (κ2) is 9.71. The van der Waals surface area contributed by atoms with E-state index in [2.05, 4.69) is 0 Å². The first-order chi connectivity index (χ1) is 15.8. The van der Waals surface area contributed by atoms with Crippen LogP contribution in [0.1, 0.15) is 46.6 Å². The second-order valence-corrected chi connectivity index (χ2v) is 8.55. The van der Waals surface area contributed by atoms with Gasteiger partial charge in [-0.2, -0.15) is 0 Å². The number of esters is 1. The van der Waals surface area contributed by atoms with E-state index >= 15 is 0 Å². The number of aliphatic hydroxyl groups is 1. The first kappa shape index (κ1) is 22.9. The van der Waals surface area contributed by atoms with Gasteiger partial charge in [-0.1, -0.05) is 42.0 Å². The molecule has 1 N–H and O–H groups in total. The molecule has 1 aliphatic heterocycles. The number of hydrogen-bond donors (Lipinski definition) is 1. The van der Waals surface area contributed by atoms with Crippen molar-refractivity contribution in [2.75, 3.05) is 6.61 Å². The van der Waals surface area contributed by atoms with Crippen molar-refractivity contribution in [1.29, 1.82) is 0 Å². The fraction of sp³-hybridized carbons (Fsp3) is 0.296. The molecule has 0 spiro atoms. The maximum Gasteiger partial charge on any atom is 0.308 e. The molecule has 2 atom stereocenters. The minimum atomic E-state index is -0.746. The molecule has 33 heavy (non-hydrogen) atoms. The van der Waals surface area contributed by atoms with Crippen LogP contribution in [0.5, 0.6) is 5.75 Å². The number of carbonyl (C=O) groups is 1. The van der Waals surface area contributed by atoms with Gasteiger partial charge in [0.25, 0.3) is 0 Å². The Balaban J connectivity index is 1.75. The van der Waals surface area contributed by atoms with Gasteiger partial charge in [0.05, 0.1) is 12.5 Å². The Morgan fingerprint density at radius 3 is 2.12 bits per heavy atom. The van der Waals surface area contributed by atoms with Crippen molar-refractivity contribution in [3.8, 4) is 5.75 Å². The molecule has 4 rings (SSSR count). The summed E-state index contributed by atoms with van der Waals surface area (Å²) < 4.78 is 38.9. The molecule has 1 aliphatic rings. The number of aryl methyl sites for hydroxylation is 2. The van der Waals surface area contributed by atoms with Gasteiger partial charge >= 0.3 is 5.97 Å². The molecule has 0 bridgehead atoms. The minimum absolute atomic E-state index is 0.0114. The molecule has 172 valence electrons. The maximum atomic E-state index is 13.7. The Morgan fingerprint density at radius 1 is 1.00 bits per heavy atom. The number of rotatable bonds is 6. The molecule has 1 fully saturated rings. The lowest BCUT2D eigenvalue weighted by Gasteiger charge is -2.28. The van der Waals surface area contributed by atoms with Crippen LogP contribution in [0.3, 0.4) is 0 Å². The molecule has 0 unspecified atom stereocenters. The quantitative estimate of drug-likeness (QED) is 0.412. The Labute approximate surface area is 191 Å². The highest BCUT2D eigenvalue weighted by atomic mass is 19.1. The van der Waals surface area contributed by atoms with Crippen LogP contribution in [-0.2, 0) is 9.53 Å². The number of hydrogen-bond acceptors (Lipinski definition) is 4. The number of carbonyl (C=O) groups excluding carboxylic acids is 1. The fourth-order valence-corrected chi connectivity index (χ4v) is 4.40. The van der Waals surface area contributed by atoms with Gasteiger partial charge < -0.3 is 14.6 Å². The van der Waals surface area contributed by atoms with Crippen molar-refractivity contribution in [3.63, 3.8) is 0 Å². The molecule has 6 heteroatoms. The highest BCUT2D eigenvalue weighted by molar-refractivity contribution is 5.71. The summed E-state index contributed by atoms with van der Waals surface area (Å²) in [5, 5.41) is 9.91. The summed E-state index contributed by atoms with van der Waals surface area (Å²) >= 11 is 0. The average Bonchev–Trinajstić information content (AvgIpc) is 2.75. The third-order valence-corrected chi connectivity index (χ3v) is 5.81. The van der Waals surface area contributed by atoms with E-state index in [9.17, 15) is 18.7 Å². The molecule has 0 aromatic heterocycles. The summed E-state index contributed by atoms with van der Waals surface area (Å²) in [7, 11) is 0. The van der Waals surface area contributed by atoms with Crippen molar-refractivity contribution in [1.82, 2.24) is 0 Å². The van der Waals surface area contributed by atoms with E-state index in [1.165, 1.54) is 24.3 Å². The Hall–Kier alpha value is -3.25. The smallest absolute Gasteiger partial charge is 0.308 e. The van der Waals surface area contributed by atoms with E-state index in [-0.39, 0.29) is 30.6 Å². The number of aliphatic hydroxyl groups excluding tert-OH is 1. The number of ether oxygens (including phenoxy) is 2. The Morgan fingerprint density at radius 2 is 1.58 bits per heavy atom. The van der Waals surface area contributed by atoms with Crippen molar-refractivity contribution in [2.45, 2.75) is 44.8 Å². The molecule has 0 saturated carbocycles. The van der Waals surface area contributed by atoms with E-state index in [4.69, 9.17) is 9.47 Å². The molecule has 0 amide bonds. The van der Waals surface area contributed by atoms with Gasteiger partial charge in [0.2, 0.25) is 0 Å². The molecular weight excluding hydrogens is 426 g/mol. The first-order valence-electron chi connectivity index (χ1n) is 10.9. The molecule has 0 radical (unpaired) electrons. The summed E-state index contributed by atoms with van der Waals surface area (Å²) in [5.74, 6) is -0.842. The van der Waals surface area contributed by atoms with Crippen molar-refractivity contribution >= 4 is 5.97 Å². The van der Waals surface area contributed by atoms with Crippen LogP contribution >= 0.6 is 0 Å². The van der Waals surface area contributed by atoms with E-state index in [0.717, 1.165) is 27.8 Å². The van der Waals surface area contributed by atoms with E-state index in [1.54, 1.807) is 24.3 Å². The van der Waals surface area contributed by atoms with Gasteiger partial charge in [-0.3, -0.25) is 4.79 Å². The van der Waals surface area contributed by atoms with Gasteiger partial charge in [-0.25, -0.2) is 8.78 Å². The largest absolute Gasteiger partial charge is 0.489 e. The summed E-state index contributed by atoms with van der Waals surface area (Å²) in [6.07, 6.45) is -0.997. The molecule has 0 aliphatic carbocycles. The van der Waals surface area contributed by atoms with Crippen LogP contribution in [0.25, 0.3) is 0 Å². The standard InChI is InChI=1S/C27H26F2O4/c1-16-11-17(2)27(32-15-23-13-22(30)14-25(31)33-23)24(12-16)26(18-3-7-20(28)8-4-18)19-5-9-21(29)10-6-19/h3-12,22-23,26,30H,13-15H2,1-2H3/t22-,23+/m1/s1. The van der Waals surface area contributed by atoms with E-state index in [0.29, 0.717) is 12.2 Å². The van der Waals surface area contributed by atoms with E-state index < -0.39 is 18.2 Å². The molecular formula is C27H26F2O4. The third-order valence-electron chi connectivity index (χ3n) is 5.81. The summed E-state index contributed by atoms with van der Waals surface area (Å²) in [6.45, 7) is 4.01. The van der Waals surface area contributed by atoms with Gasteiger partial charge in [0.15, 0.2) is 0 Å². The third kappa shape index (κ3) is 5.40. The number of benzene rings is 3. The van der Waals surface area contributed by atoms with Gasteiger partial charge in [0.1, 0.15) is 30.1 Å². The molecule has 3 aromatic rings. The molecule has 1 heterocycles. The van der Waals surface area contributed by atoms with Gasteiger partial charge in [-0.05, 0) is 54.8 Å². The van der Waals surface area contributed by atoms with Gasteiger partial charge in [-0.15, -0.1) is 0 Å². The monoisotopic (exact) mass is 452 g/mol. The normalized spacial score (nSPS) is 18.3. The SMILES string of the molecule is Cc1cc(C)c(OC[C@@H]2C[C@@H](O)CC(=O)O2)c(C(c2ccc(F)cc2)c2ccc(F)cc2)c1. The van der Waals surface area contributed by atoms with Crippen LogP contribution in [0.2, 0.25) is 0 Å². The molecule has 4 nitrogen and oxygen atoms in total. The average molecular weight is 452 g/mol. The number of halogens is 2. The van der Waals surface area contributed by atoms with E-state index in [1.807, 2.05) is 26.0 Å². The van der Waals surface area contributed by atoms with Crippen LogP contribution in [0.15, 0.2) is 60.7 Å². The lowest BCUT2D eigenvalue weighted by atomic mass is 9.83. The molecule has 3 aromatic carbocycles. The minimum Gasteiger partial charge on any atom is -0.489 e. The highest BCUT2D eigenvalue weighted by Gasteiger charge is 2.29. The van der Waals surface area contributed by atoms with Crippen LogP contribution in [0, 0.1) is 25.5 Å². The summed E-state index contributed by atoms with van der Waals surface area (Å²) in [5.41, 5.74) is 4.41. The predicted octanol–water partition coefficient (Wildman–Crippen LogP) is 5.21. The first-order valence-corrected chi connectivity index (χ1v) is 10.9. The summed E-state index contributed by atoms with van der Waals surface area (Å²) in [6, 6.07) is 16.4. The Bertz CT molecular complexity index is 1080. The lowest BCUT2D eigenvalue weighted by Crippen LogP contribution is -2.36. The van der Waals surface area contributed by atoms with Crippen LogP contribution in [0.4, 0.5) is 8.78 Å². The topological polar surface area (TPSA) is 55.8 Å². The van der Waals surface area contributed by atoms with Crippen molar-refractivity contribution < 1.29 is 28.2 Å². The predicted molar refractivity (Wildman–Crippen MR) is 120 cm³/mol. The van der Waals surface area contributed by atoms with Crippen molar-refractivity contribution in [3.05, 3.63) is 100 Å². The Kier molecular flexibility index (Phi) is 6.75. The zero-order chi connectivity index (χ0) is 23.5. The molecule has 1 saturated heterocycles. The number of cyclic esters (lactones) is 1. The second-order valence-electron chi connectivity index (χ2n) is 8.55. The lowest BCUT2D eigenvalue weighted by molar-refractivity contribution is -0.162. The zero-order valence-electron chi connectivity index (χ0n) is 18.6. The van der Waals surface area contributed by atoms with Crippen LogP contribution in [-0.4, -0.2) is 29.9 Å². The van der Waals surface area contributed by atoms with Crippen LogP contribution < -0.4 is 4.74 Å². The maximum absolute atomic E-state index is 13.7. The zero-order valence-corrected chi connectivity index (χ0v) is 18.6.